The summed E-state index contributed by atoms with van der Waals surface area (Å²) in [6.07, 6.45) is 14.8. The zero-order valence-electron chi connectivity index (χ0n) is 22.4. The van der Waals surface area contributed by atoms with Gasteiger partial charge in [0.15, 0.2) is 24.3 Å². The molecule has 0 atom stereocenters. The molecule has 1 aromatic heterocycles. The second-order valence-corrected chi connectivity index (χ2v) is 10.9. The Balaban J connectivity index is 1.35. The zero-order valence-corrected chi connectivity index (χ0v) is 23.3. The Morgan fingerprint density at radius 1 is 0.946 bits per heavy atom. The summed E-state index contributed by atoms with van der Waals surface area (Å²) < 4.78 is 22.3. The Morgan fingerprint density at radius 2 is 1.68 bits per heavy atom. The number of ether oxygens (including phenoxy) is 1. The number of aromatic nitrogens is 1. The van der Waals surface area contributed by atoms with Crippen LogP contribution in [0.1, 0.15) is 87.1 Å². The summed E-state index contributed by atoms with van der Waals surface area (Å²) in [5, 5.41) is 2.93. The molecule has 0 unspecified atom stereocenters. The molecule has 0 spiro atoms. The standard InChI is InChI=1S/C31H41FN2O2S/c1-3-4-5-6-7-8-9-10-11-12-18-36-30-17-16-26(20-29(30)32)21-31(35)33-28-15-13-14-27(19-28)23-34-22-25(2)37-24-34/h13-17,19-20,22,24H,3-12,18,21,23H2,1-2H3/p+1. The molecule has 0 radical (unpaired) electrons. The number of hydrogen-bond acceptors (Lipinski definition) is 3. The van der Waals surface area contributed by atoms with Crippen LogP contribution in [-0.4, -0.2) is 12.5 Å². The summed E-state index contributed by atoms with van der Waals surface area (Å²) in [6.45, 7) is 5.60. The first-order chi connectivity index (χ1) is 18.0. The monoisotopic (exact) mass is 525 g/mol. The molecule has 0 fully saturated rings. The third-order valence-electron chi connectivity index (χ3n) is 6.41. The minimum absolute atomic E-state index is 0.109. The average Bonchev–Trinajstić information content (AvgIpc) is 3.28. The fourth-order valence-corrected chi connectivity index (χ4v) is 5.05. The number of anilines is 1. The smallest absolute Gasteiger partial charge is 0.228 e. The number of aryl methyl sites for hydroxylation is 1. The van der Waals surface area contributed by atoms with Crippen molar-refractivity contribution in [2.45, 2.75) is 91.0 Å². The molecule has 1 amide bonds. The van der Waals surface area contributed by atoms with Crippen LogP contribution in [-0.2, 0) is 17.8 Å². The number of nitrogens with one attached hydrogen (secondary N) is 1. The average molecular weight is 526 g/mol. The first-order valence-electron chi connectivity index (χ1n) is 13.8. The number of unbranched alkanes of at least 4 members (excludes halogenated alkanes) is 9. The third kappa shape index (κ3) is 11.0. The van der Waals surface area contributed by atoms with Crippen LogP contribution in [0.15, 0.2) is 54.2 Å². The van der Waals surface area contributed by atoms with Crippen LogP contribution < -0.4 is 14.6 Å². The summed E-state index contributed by atoms with van der Waals surface area (Å²) in [6, 6.07) is 12.6. The van der Waals surface area contributed by atoms with Gasteiger partial charge < -0.3 is 10.1 Å². The van der Waals surface area contributed by atoms with E-state index in [4.69, 9.17) is 4.74 Å². The lowest BCUT2D eigenvalue weighted by Crippen LogP contribution is -2.30. The summed E-state index contributed by atoms with van der Waals surface area (Å²) in [4.78, 5) is 13.8. The Bertz CT molecular complexity index is 1100. The van der Waals surface area contributed by atoms with Crippen LogP contribution in [0.4, 0.5) is 10.1 Å². The van der Waals surface area contributed by atoms with Gasteiger partial charge in [0.1, 0.15) is 0 Å². The van der Waals surface area contributed by atoms with Gasteiger partial charge in [0.2, 0.25) is 11.4 Å². The summed E-state index contributed by atoms with van der Waals surface area (Å²) >= 11 is 1.71. The van der Waals surface area contributed by atoms with Gasteiger partial charge in [-0.15, -0.1) is 0 Å². The predicted octanol–water partition coefficient (Wildman–Crippen LogP) is 8.01. The molecule has 0 bridgehead atoms. The van der Waals surface area contributed by atoms with Crippen molar-refractivity contribution in [3.05, 3.63) is 76.0 Å². The van der Waals surface area contributed by atoms with Gasteiger partial charge in [-0.25, -0.2) is 4.39 Å². The Labute approximate surface area is 225 Å². The van der Waals surface area contributed by atoms with Crippen LogP contribution >= 0.6 is 11.3 Å². The molecule has 37 heavy (non-hydrogen) atoms. The quantitative estimate of drug-likeness (QED) is 0.143. The molecular formula is C31H42FN2O2S+. The van der Waals surface area contributed by atoms with E-state index in [1.807, 2.05) is 24.3 Å². The van der Waals surface area contributed by atoms with Gasteiger partial charge >= 0.3 is 0 Å². The maximum atomic E-state index is 14.5. The Kier molecular flexibility index (Phi) is 12.6. The van der Waals surface area contributed by atoms with Crippen molar-refractivity contribution in [2.75, 3.05) is 11.9 Å². The van der Waals surface area contributed by atoms with Gasteiger partial charge in [-0.05, 0) is 43.2 Å². The van der Waals surface area contributed by atoms with Gasteiger partial charge in [-0.1, -0.05) is 94.2 Å². The van der Waals surface area contributed by atoms with Crippen molar-refractivity contribution in [3.63, 3.8) is 0 Å². The first-order valence-corrected chi connectivity index (χ1v) is 14.7. The van der Waals surface area contributed by atoms with E-state index in [0.717, 1.165) is 30.6 Å². The Morgan fingerprint density at radius 3 is 2.35 bits per heavy atom. The van der Waals surface area contributed by atoms with Gasteiger partial charge in [0, 0.05) is 11.3 Å². The second kappa shape index (κ2) is 16.2. The normalized spacial score (nSPS) is 11.0. The molecule has 0 aliphatic rings. The molecule has 0 saturated carbocycles. The van der Waals surface area contributed by atoms with Crippen molar-refractivity contribution in [2.24, 2.45) is 0 Å². The van der Waals surface area contributed by atoms with E-state index >= 15 is 0 Å². The largest absolute Gasteiger partial charge is 0.491 e. The highest BCUT2D eigenvalue weighted by Crippen LogP contribution is 2.20. The zero-order chi connectivity index (χ0) is 26.3. The lowest BCUT2D eigenvalue weighted by Gasteiger charge is -2.10. The number of rotatable bonds is 17. The lowest BCUT2D eigenvalue weighted by molar-refractivity contribution is -0.683. The second-order valence-electron chi connectivity index (χ2n) is 9.86. The molecule has 3 rings (SSSR count). The van der Waals surface area contributed by atoms with Crippen LogP contribution in [0, 0.1) is 12.7 Å². The topological polar surface area (TPSA) is 42.2 Å². The highest BCUT2D eigenvalue weighted by atomic mass is 32.1. The molecule has 0 aliphatic carbocycles. The highest BCUT2D eigenvalue weighted by molar-refractivity contribution is 7.09. The van der Waals surface area contributed by atoms with Crippen LogP contribution in [0.5, 0.6) is 5.75 Å². The molecule has 1 heterocycles. The van der Waals surface area contributed by atoms with E-state index < -0.39 is 5.82 Å². The summed E-state index contributed by atoms with van der Waals surface area (Å²) in [5.41, 5.74) is 4.56. The molecule has 3 aromatic rings. The molecular weight excluding hydrogens is 483 g/mol. The lowest BCUT2D eigenvalue weighted by atomic mass is 10.1. The van der Waals surface area contributed by atoms with Crippen molar-refractivity contribution < 1.29 is 18.5 Å². The summed E-state index contributed by atoms with van der Waals surface area (Å²) in [7, 11) is 0. The number of halogens is 1. The van der Waals surface area contributed by atoms with Gasteiger partial charge in [0.25, 0.3) is 0 Å². The van der Waals surface area contributed by atoms with Crippen molar-refractivity contribution >= 4 is 22.9 Å². The van der Waals surface area contributed by atoms with E-state index in [-0.39, 0.29) is 18.1 Å². The highest BCUT2D eigenvalue weighted by Gasteiger charge is 2.11. The first kappa shape index (κ1) is 28.8. The maximum absolute atomic E-state index is 14.5. The maximum Gasteiger partial charge on any atom is 0.228 e. The van der Waals surface area contributed by atoms with E-state index in [2.05, 4.69) is 35.4 Å². The van der Waals surface area contributed by atoms with Gasteiger partial charge in [0.05, 0.1) is 17.9 Å². The summed E-state index contributed by atoms with van der Waals surface area (Å²) in [5.74, 6) is -0.328. The number of benzene rings is 2. The molecule has 0 aliphatic heterocycles. The van der Waals surface area contributed by atoms with Crippen LogP contribution in [0.25, 0.3) is 0 Å². The van der Waals surface area contributed by atoms with Crippen molar-refractivity contribution in [1.82, 2.24) is 0 Å². The van der Waals surface area contributed by atoms with E-state index in [9.17, 15) is 9.18 Å². The number of thiazole rings is 1. The van der Waals surface area contributed by atoms with E-state index in [1.165, 1.54) is 62.3 Å². The van der Waals surface area contributed by atoms with E-state index in [0.29, 0.717) is 12.2 Å². The Hall–Kier alpha value is -2.73. The molecule has 200 valence electrons. The number of carbonyl (C=O) groups is 1. The van der Waals surface area contributed by atoms with Gasteiger partial charge in [-0.3, -0.25) is 4.79 Å². The van der Waals surface area contributed by atoms with Crippen molar-refractivity contribution in [1.29, 1.82) is 0 Å². The van der Waals surface area contributed by atoms with Gasteiger partial charge in [-0.2, -0.15) is 4.57 Å². The molecule has 0 saturated heterocycles. The number of hydrogen-bond donors (Lipinski definition) is 1. The fraction of sp³-hybridized carbons (Fsp3) is 0.484. The van der Waals surface area contributed by atoms with Crippen LogP contribution in [0.3, 0.4) is 0 Å². The minimum atomic E-state index is -0.414. The van der Waals surface area contributed by atoms with E-state index in [1.54, 1.807) is 23.5 Å². The number of carbonyl (C=O) groups excluding carboxylic acids is 1. The number of nitrogens with zero attached hydrogens (tertiary/aromatic N) is 1. The SMILES string of the molecule is CCCCCCCCCCCCOc1ccc(CC(=O)Nc2cccc(C[n+]3csc(C)c3)c2)cc1F. The molecule has 4 nitrogen and oxygen atoms in total. The number of amides is 1. The molecule has 2 aromatic carbocycles. The minimum Gasteiger partial charge on any atom is -0.491 e. The molecule has 1 N–H and O–H groups in total. The molecule has 6 heteroatoms. The third-order valence-corrected chi connectivity index (χ3v) is 7.27. The van der Waals surface area contributed by atoms with Crippen LogP contribution in [0.2, 0.25) is 0 Å². The predicted molar refractivity (Wildman–Crippen MR) is 151 cm³/mol. The fourth-order valence-electron chi connectivity index (χ4n) is 4.42. The van der Waals surface area contributed by atoms with Crippen molar-refractivity contribution in [3.8, 4) is 5.75 Å².